The van der Waals surface area contributed by atoms with Gasteiger partial charge in [0.15, 0.2) is 5.78 Å². The molecule has 3 fully saturated rings. The Morgan fingerprint density at radius 1 is 1.07 bits per heavy atom. The molecular weight excluding hydrogens is 398 g/mol. The predicted molar refractivity (Wildman–Crippen MR) is 118 cm³/mol. The fourth-order valence-corrected chi connectivity index (χ4v) is 6.05. The Bertz CT molecular complexity index is 781. The number of ketones is 1. The number of amides is 2. The van der Waals surface area contributed by atoms with E-state index < -0.39 is 12.1 Å². The normalized spacial score (nSPS) is 25.4. The van der Waals surface area contributed by atoms with Crippen molar-refractivity contribution in [3.63, 3.8) is 0 Å². The number of hydrogen-bond acceptors (Lipinski definition) is 5. The molecule has 3 aliphatic rings. The van der Waals surface area contributed by atoms with Crippen LogP contribution >= 0.6 is 11.8 Å². The van der Waals surface area contributed by atoms with Crippen LogP contribution in [-0.2, 0) is 20.1 Å². The van der Waals surface area contributed by atoms with E-state index in [1.54, 1.807) is 21.6 Å². The maximum atomic E-state index is 13.0. The summed E-state index contributed by atoms with van der Waals surface area (Å²) in [6.45, 7) is 0.651. The Morgan fingerprint density at radius 2 is 1.80 bits per heavy atom. The van der Waals surface area contributed by atoms with Crippen LogP contribution in [0, 0.1) is 5.92 Å². The van der Waals surface area contributed by atoms with Gasteiger partial charge in [-0.2, -0.15) is 11.8 Å². The standard InChI is InChI=1S/C23H31N3O3S/c24-18(15-30-14-16-7-3-1-4-8-16)23(29)25-12-11-19-21(25)20(27)13-26(19)22(28)17-9-5-2-6-10-17/h1,3-4,7-8,17-19,21H,2,5-6,9-15,24H2/t18-,19?,21?/m0/s1. The quantitative estimate of drug-likeness (QED) is 0.750. The molecule has 0 radical (unpaired) electrons. The Hall–Kier alpha value is -1.86. The van der Waals surface area contributed by atoms with Gasteiger partial charge in [-0.3, -0.25) is 14.4 Å². The van der Waals surface area contributed by atoms with E-state index in [1.165, 1.54) is 12.0 Å². The molecule has 0 aromatic heterocycles. The van der Waals surface area contributed by atoms with Gasteiger partial charge in [-0.15, -0.1) is 0 Å². The van der Waals surface area contributed by atoms with Gasteiger partial charge >= 0.3 is 0 Å². The van der Waals surface area contributed by atoms with Crippen molar-refractivity contribution in [3.8, 4) is 0 Å². The fourth-order valence-electron chi connectivity index (χ4n) is 5.10. The molecule has 30 heavy (non-hydrogen) atoms. The molecule has 1 aromatic rings. The maximum Gasteiger partial charge on any atom is 0.241 e. The molecule has 2 amide bonds. The summed E-state index contributed by atoms with van der Waals surface area (Å²) in [4.78, 5) is 42.2. The summed E-state index contributed by atoms with van der Waals surface area (Å²) in [5.41, 5.74) is 7.40. The average Bonchev–Trinajstić information content (AvgIpc) is 3.35. The first-order valence-corrected chi connectivity index (χ1v) is 12.2. The number of Topliss-reactive ketones (excluding diaryl/α,β-unsaturated/α-hetero) is 1. The zero-order valence-corrected chi connectivity index (χ0v) is 18.2. The number of carbonyl (C=O) groups is 3. The number of carbonyl (C=O) groups excluding carboxylic acids is 3. The number of nitrogens with two attached hydrogens (primary N) is 1. The van der Waals surface area contributed by atoms with Crippen LogP contribution in [0.4, 0.5) is 0 Å². The van der Waals surface area contributed by atoms with Gasteiger partial charge in [0.05, 0.1) is 18.6 Å². The smallest absolute Gasteiger partial charge is 0.241 e. The van der Waals surface area contributed by atoms with Crippen LogP contribution in [-0.4, -0.2) is 64.4 Å². The highest BCUT2D eigenvalue weighted by atomic mass is 32.2. The lowest BCUT2D eigenvalue weighted by Gasteiger charge is -2.29. The van der Waals surface area contributed by atoms with Gasteiger partial charge in [0.1, 0.15) is 6.04 Å². The zero-order chi connectivity index (χ0) is 21.1. The van der Waals surface area contributed by atoms with Gasteiger partial charge in [0.25, 0.3) is 0 Å². The van der Waals surface area contributed by atoms with Crippen molar-refractivity contribution in [1.82, 2.24) is 9.80 Å². The molecule has 162 valence electrons. The largest absolute Gasteiger partial charge is 0.329 e. The van der Waals surface area contributed by atoms with E-state index in [2.05, 4.69) is 12.1 Å². The second-order valence-corrected chi connectivity index (χ2v) is 9.74. The number of nitrogens with zero attached hydrogens (tertiary/aromatic N) is 2. The highest BCUT2D eigenvalue weighted by molar-refractivity contribution is 7.98. The first-order valence-electron chi connectivity index (χ1n) is 11.1. The van der Waals surface area contributed by atoms with E-state index in [0.29, 0.717) is 18.7 Å². The summed E-state index contributed by atoms with van der Waals surface area (Å²) in [7, 11) is 0. The molecule has 1 aromatic carbocycles. The highest BCUT2D eigenvalue weighted by Crippen LogP contribution is 2.34. The number of fused-ring (bicyclic) bond motifs is 1. The Labute approximate surface area is 182 Å². The van der Waals surface area contributed by atoms with Crippen molar-refractivity contribution in [2.75, 3.05) is 18.8 Å². The Morgan fingerprint density at radius 3 is 2.53 bits per heavy atom. The van der Waals surface area contributed by atoms with Crippen molar-refractivity contribution in [2.45, 2.75) is 62.4 Å². The second kappa shape index (κ2) is 9.52. The second-order valence-electron chi connectivity index (χ2n) is 8.71. The minimum Gasteiger partial charge on any atom is -0.329 e. The third kappa shape index (κ3) is 4.42. The molecule has 1 aliphatic carbocycles. The lowest BCUT2D eigenvalue weighted by atomic mass is 9.88. The molecule has 1 saturated carbocycles. The van der Waals surface area contributed by atoms with E-state index >= 15 is 0 Å². The topological polar surface area (TPSA) is 83.7 Å². The minimum absolute atomic E-state index is 0.0147. The molecule has 2 saturated heterocycles. The van der Waals surface area contributed by atoms with Gasteiger partial charge in [0, 0.05) is 24.0 Å². The summed E-state index contributed by atoms with van der Waals surface area (Å²) in [5.74, 6) is 1.30. The van der Waals surface area contributed by atoms with Gasteiger partial charge in [-0.05, 0) is 24.8 Å². The molecule has 7 heteroatoms. The molecule has 2 N–H and O–H groups in total. The van der Waals surface area contributed by atoms with Crippen LogP contribution in [0.15, 0.2) is 30.3 Å². The SMILES string of the molecule is N[C@@H](CSCc1ccccc1)C(=O)N1CCC2C1C(=O)CN2C(=O)C1CCCCC1. The number of hydrogen-bond donors (Lipinski definition) is 1. The lowest BCUT2D eigenvalue weighted by molar-refractivity contribution is -0.138. The minimum atomic E-state index is -0.631. The van der Waals surface area contributed by atoms with E-state index in [4.69, 9.17) is 5.73 Å². The van der Waals surface area contributed by atoms with E-state index in [0.717, 1.165) is 31.4 Å². The van der Waals surface area contributed by atoms with Crippen molar-refractivity contribution in [1.29, 1.82) is 0 Å². The molecule has 6 nitrogen and oxygen atoms in total. The summed E-state index contributed by atoms with van der Waals surface area (Å²) in [5, 5.41) is 0. The molecule has 4 rings (SSSR count). The van der Waals surface area contributed by atoms with Crippen molar-refractivity contribution < 1.29 is 14.4 Å². The average molecular weight is 430 g/mol. The number of benzene rings is 1. The lowest BCUT2D eigenvalue weighted by Crippen LogP contribution is -2.50. The predicted octanol–water partition coefficient (Wildman–Crippen LogP) is 2.21. The Kier molecular flexibility index (Phi) is 6.78. The monoisotopic (exact) mass is 429 g/mol. The summed E-state index contributed by atoms with van der Waals surface area (Å²) in [6.07, 6.45) is 5.89. The van der Waals surface area contributed by atoms with Crippen LogP contribution in [0.5, 0.6) is 0 Å². The first kappa shape index (κ1) is 21.4. The van der Waals surface area contributed by atoms with Gasteiger partial charge in [-0.1, -0.05) is 49.6 Å². The number of rotatable bonds is 6. The zero-order valence-electron chi connectivity index (χ0n) is 17.4. The molecule has 0 bridgehead atoms. The molecule has 3 atom stereocenters. The molecule has 2 unspecified atom stereocenters. The summed E-state index contributed by atoms with van der Waals surface area (Å²) < 4.78 is 0. The van der Waals surface area contributed by atoms with Gasteiger partial charge < -0.3 is 15.5 Å². The van der Waals surface area contributed by atoms with Gasteiger partial charge in [-0.25, -0.2) is 0 Å². The number of thioether (sulfide) groups is 1. The van der Waals surface area contributed by atoms with Crippen LogP contribution < -0.4 is 5.73 Å². The third-order valence-corrected chi connectivity index (χ3v) is 7.80. The van der Waals surface area contributed by atoms with Crippen molar-refractivity contribution in [2.24, 2.45) is 11.7 Å². The maximum absolute atomic E-state index is 13.0. The van der Waals surface area contributed by atoms with Crippen molar-refractivity contribution >= 4 is 29.4 Å². The molecular formula is C23H31N3O3S. The van der Waals surface area contributed by atoms with Crippen LogP contribution in [0.1, 0.15) is 44.1 Å². The molecule has 2 heterocycles. The Balaban J connectivity index is 1.33. The first-order chi connectivity index (χ1) is 14.6. The van der Waals surface area contributed by atoms with Crippen molar-refractivity contribution in [3.05, 3.63) is 35.9 Å². The van der Waals surface area contributed by atoms with Crippen LogP contribution in [0.25, 0.3) is 0 Å². The number of likely N-dealkylation sites (tertiary alicyclic amines) is 2. The van der Waals surface area contributed by atoms with E-state index in [-0.39, 0.29) is 36.1 Å². The molecule has 0 spiro atoms. The van der Waals surface area contributed by atoms with Crippen LogP contribution in [0.3, 0.4) is 0 Å². The summed E-state index contributed by atoms with van der Waals surface area (Å²) >= 11 is 1.63. The summed E-state index contributed by atoms with van der Waals surface area (Å²) in [6, 6.07) is 8.79. The van der Waals surface area contributed by atoms with Gasteiger partial charge in [0.2, 0.25) is 11.8 Å². The van der Waals surface area contributed by atoms with Crippen LogP contribution in [0.2, 0.25) is 0 Å². The third-order valence-electron chi connectivity index (χ3n) is 6.67. The van der Waals surface area contributed by atoms with E-state index in [9.17, 15) is 14.4 Å². The van der Waals surface area contributed by atoms with E-state index in [1.807, 2.05) is 18.2 Å². The highest BCUT2D eigenvalue weighted by Gasteiger charge is 2.52. The fraction of sp³-hybridized carbons (Fsp3) is 0.609. The molecule has 2 aliphatic heterocycles.